The van der Waals surface area contributed by atoms with E-state index >= 15 is 0 Å². The van der Waals surface area contributed by atoms with E-state index in [9.17, 15) is 4.79 Å². The summed E-state index contributed by atoms with van der Waals surface area (Å²) in [5, 5.41) is 8.68. The molecule has 8 heteroatoms. The van der Waals surface area contributed by atoms with Gasteiger partial charge in [-0.15, -0.1) is 11.8 Å². The fourth-order valence-corrected chi connectivity index (χ4v) is 5.73. The number of benzene rings is 3. The first-order valence-corrected chi connectivity index (χ1v) is 13.9. The lowest BCUT2D eigenvalue weighted by molar-refractivity contribution is 0.194. The molecule has 38 heavy (non-hydrogen) atoms. The molecule has 1 aliphatic heterocycles. The Hall–Kier alpha value is -3.94. The number of thioether (sulfide) groups is 1. The number of nitrogens with one attached hydrogen (secondary N) is 1. The number of aryl methyl sites for hydroxylation is 1. The molecule has 1 N–H and O–H groups in total. The Morgan fingerprint density at radius 3 is 2.61 bits per heavy atom. The maximum absolute atomic E-state index is 14.1. The van der Waals surface area contributed by atoms with Crippen LogP contribution in [0.4, 0.5) is 10.5 Å². The van der Waals surface area contributed by atoms with Crippen LogP contribution in [0.25, 0.3) is 11.5 Å². The summed E-state index contributed by atoms with van der Waals surface area (Å²) in [6.07, 6.45) is 4.06. The summed E-state index contributed by atoms with van der Waals surface area (Å²) in [5.41, 5.74) is 5.47. The number of fused-ring (bicyclic) bond motifs is 3. The van der Waals surface area contributed by atoms with Gasteiger partial charge < -0.3 is 14.8 Å². The van der Waals surface area contributed by atoms with Crippen molar-refractivity contribution in [2.45, 2.75) is 24.4 Å². The molecular formula is C30H26ClN5OS. The highest BCUT2D eigenvalue weighted by atomic mass is 35.5. The Kier molecular flexibility index (Phi) is 6.47. The number of hydrogen-bond acceptors (Lipinski definition) is 3. The first kappa shape index (κ1) is 24.4. The van der Waals surface area contributed by atoms with Crippen molar-refractivity contribution in [2.75, 3.05) is 11.6 Å². The lowest BCUT2D eigenvalue weighted by Crippen LogP contribution is -2.38. The van der Waals surface area contributed by atoms with Gasteiger partial charge in [-0.3, -0.25) is 0 Å². The van der Waals surface area contributed by atoms with E-state index in [0.717, 1.165) is 44.6 Å². The molecule has 0 fully saturated rings. The number of aromatic nitrogens is 3. The summed E-state index contributed by atoms with van der Waals surface area (Å²) in [4.78, 5) is 17.0. The molecule has 3 aromatic carbocycles. The summed E-state index contributed by atoms with van der Waals surface area (Å²) in [5.74, 6) is 0.931. The summed E-state index contributed by atoms with van der Waals surface area (Å²) in [7, 11) is 0. The number of urea groups is 1. The normalized spacial score (nSPS) is 14.5. The second kappa shape index (κ2) is 10.1. The number of hydrogen-bond donors (Lipinski definition) is 1. The molecule has 0 saturated carbocycles. The van der Waals surface area contributed by atoms with Gasteiger partial charge >= 0.3 is 6.03 Å². The van der Waals surface area contributed by atoms with Crippen LogP contribution < -0.4 is 5.32 Å². The number of nitrogens with zero attached hydrogens (tertiary/aromatic N) is 4. The SMILES string of the molecule is CSc1cccc(NC(=O)N2Cc3c(C)nn(-c4ccccc4)c3-n3cccc3[C@H]2c2cccc(Cl)c2)c1. The highest BCUT2D eigenvalue weighted by Gasteiger charge is 2.36. The highest BCUT2D eigenvalue weighted by Crippen LogP contribution is 2.39. The first-order valence-electron chi connectivity index (χ1n) is 12.3. The number of carbonyl (C=O) groups is 1. The van der Waals surface area contributed by atoms with Gasteiger partial charge in [0.1, 0.15) is 5.82 Å². The van der Waals surface area contributed by atoms with Crippen LogP contribution in [0.15, 0.2) is 102 Å². The van der Waals surface area contributed by atoms with Crippen LogP contribution in [-0.4, -0.2) is 31.5 Å². The zero-order valence-corrected chi connectivity index (χ0v) is 22.6. The molecule has 0 bridgehead atoms. The second-order valence-electron chi connectivity index (χ2n) is 9.19. The Morgan fingerprint density at radius 2 is 1.82 bits per heavy atom. The van der Waals surface area contributed by atoms with Crippen LogP contribution >= 0.6 is 23.4 Å². The maximum atomic E-state index is 14.1. The van der Waals surface area contributed by atoms with Gasteiger partial charge in [-0.2, -0.15) is 5.10 Å². The standard InChI is InChI=1S/C30H26ClN5OS/c1-20-26-19-35(30(37)32-23-11-7-14-25(18-23)38-2)28(21-9-6-10-22(31)17-21)27-15-8-16-34(27)29(26)36(33-20)24-12-4-3-5-13-24/h3-18,28H,19H2,1-2H3,(H,32,37)/t28-/m1/s1. The van der Waals surface area contributed by atoms with E-state index in [0.29, 0.717) is 11.6 Å². The van der Waals surface area contributed by atoms with Crippen LogP contribution in [0, 0.1) is 6.92 Å². The van der Waals surface area contributed by atoms with E-state index in [1.54, 1.807) is 11.8 Å². The molecule has 1 aliphatic rings. The number of halogens is 1. The fraction of sp³-hybridized carbons (Fsp3) is 0.133. The third-order valence-corrected chi connectivity index (χ3v) is 7.79. The van der Waals surface area contributed by atoms with Crippen molar-refractivity contribution in [1.29, 1.82) is 0 Å². The van der Waals surface area contributed by atoms with Crippen LogP contribution in [0.5, 0.6) is 0 Å². The molecule has 1 atom stereocenters. The van der Waals surface area contributed by atoms with E-state index < -0.39 is 0 Å². The molecule has 2 amide bonds. The summed E-state index contributed by atoms with van der Waals surface area (Å²) >= 11 is 8.09. The van der Waals surface area contributed by atoms with Crippen LogP contribution in [0.2, 0.25) is 5.02 Å². The average molecular weight is 540 g/mol. The van der Waals surface area contributed by atoms with Crippen molar-refractivity contribution in [3.8, 4) is 11.5 Å². The predicted molar refractivity (Wildman–Crippen MR) is 154 cm³/mol. The van der Waals surface area contributed by atoms with Gasteiger partial charge in [-0.25, -0.2) is 9.48 Å². The molecule has 190 valence electrons. The van der Waals surface area contributed by atoms with Gasteiger partial charge in [0.2, 0.25) is 0 Å². The number of amides is 2. The van der Waals surface area contributed by atoms with Gasteiger partial charge in [0.15, 0.2) is 0 Å². The molecule has 0 spiro atoms. The van der Waals surface area contributed by atoms with Crippen LogP contribution in [0.3, 0.4) is 0 Å². The molecule has 2 aromatic heterocycles. The van der Waals surface area contributed by atoms with Crippen LogP contribution in [-0.2, 0) is 6.54 Å². The molecule has 6 nitrogen and oxygen atoms in total. The molecular weight excluding hydrogens is 514 g/mol. The predicted octanol–water partition coefficient (Wildman–Crippen LogP) is 7.48. The van der Waals surface area contributed by atoms with E-state index in [1.165, 1.54) is 0 Å². The van der Waals surface area contributed by atoms with E-state index in [1.807, 2.05) is 114 Å². The minimum atomic E-state index is -0.372. The van der Waals surface area contributed by atoms with Crippen molar-refractivity contribution in [3.05, 3.63) is 125 Å². The quantitative estimate of drug-likeness (QED) is 0.241. The van der Waals surface area contributed by atoms with E-state index in [4.69, 9.17) is 16.7 Å². The smallest absolute Gasteiger partial charge is 0.308 e. The molecule has 5 aromatic rings. The number of anilines is 1. The molecule has 3 heterocycles. The third-order valence-electron chi connectivity index (χ3n) is 6.83. The summed E-state index contributed by atoms with van der Waals surface area (Å²) < 4.78 is 4.11. The zero-order chi connectivity index (χ0) is 26.2. The van der Waals surface area contributed by atoms with Crippen molar-refractivity contribution in [2.24, 2.45) is 0 Å². The fourth-order valence-electron chi connectivity index (χ4n) is 5.07. The summed E-state index contributed by atoms with van der Waals surface area (Å²) in [6, 6.07) is 29.2. The van der Waals surface area contributed by atoms with E-state index in [2.05, 4.69) is 16.0 Å². The largest absolute Gasteiger partial charge is 0.322 e. The zero-order valence-electron chi connectivity index (χ0n) is 21.0. The number of para-hydroxylation sites is 1. The van der Waals surface area contributed by atoms with Gasteiger partial charge in [-0.05, 0) is 73.3 Å². The highest BCUT2D eigenvalue weighted by molar-refractivity contribution is 7.98. The first-order chi connectivity index (χ1) is 18.5. The molecule has 0 unspecified atom stereocenters. The maximum Gasteiger partial charge on any atom is 0.322 e. The van der Waals surface area contributed by atoms with Crippen molar-refractivity contribution < 1.29 is 4.79 Å². The number of rotatable bonds is 4. The van der Waals surface area contributed by atoms with Crippen molar-refractivity contribution in [1.82, 2.24) is 19.2 Å². The minimum Gasteiger partial charge on any atom is -0.308 e. The molecule has 6 rings (SSSR count). The summed E-state index contributed by atoms with van der Waals surface area (Å²) in [6.45, 7) is 2.38. The second-order valence-corrected chi connectivity index (χ2v) is 10.5. The van der Waals surface area contributed by atoms with Gasteiger partial charge in [-0.1, -0.05) is 48.0 Å². The Labute approximate surface area is 230 Å². The van der Waals surface area contributed by atoms with Crippen molar-refractivity contribution >= 4 is 35.1 Å². The van der Waals surface area contributed by atoms with E-state index in [-0.39, 0.29) is 12.1 Å². The third kappa shape index (κ3) is 4.38. The monoisotopic (exact) mass is 539 g/mol. The van der Waals surface area contributed by atoms with Gasteiger partial charge in [0.25, 0.3) is 0 Å². The average Bonchev–Trinajstić information content (AvgIpc) is 3.49. The van der Waals surface area contributed by atoms with Gasteiger partial charge in [0, 0.05) is 27.4 Å². The number of carbonyl (C=O) groups excluding carboxylic acids is 1. The minimum absolute atomic E-state index is 0.194. The lowest BCUT2D eigenvalue weighted by atomic mass is 10.0. The van der Waals surface area contributed by atoms with Gasteiger partial charge in [0.05, 0.1) is 29.7 Å². The van der Waals surface area contributed by atoms with Crippen LogP contribution in [0.1, 0.15) is 28.6 Å². The molecule has 0 aliphatic carbocycles. The molecule has 0 radical (unpaired) electrons. The Bertz CT molecular complexity index is 1630. The Balaban J connectivity index is 1.52. The topological polar surface area (TPSA) is 55.1 Å². The van der Waals surface area contributed by atoms with Crippen molar-refractivity contribution in [3.63, 3.8) is 0 Å². The molecule has 0 saturated heterocycles. The Morgan fingerprint density at radius 1 is 1.00 bits per heavy atom. The lowest BCUT2D eigenvalue weighted by Gasteiger charge is -2.31.